The van der Waals surface area contributed by atoms with E-state index in [0.29, 0.717) is 13.0 Å². The van der Waals surface area contributed by atoms with Crippen molar-refractivity contribution in [1.82, 2.24) is 4.90 Å². The second kappa shape index (κ2) is 7.18. The summed E-state index contributed by atoms with van der Waals surface area (Å²) >= 11 is 1.74. The standard InChI is InChI=1S/C19H23NO2S/c1-14-7-8-15(2)17(13-14)22-11-9-19(21)20-10-3-5-16(20)18-6-4-12-23-18/h4,6-8,12-13,16H,3,5,9-11H2,1-2H3. The van der Waals surface area contributed by atoms with Gasteiger partial charge < -0.3 is 9.64 Å². The Balaban J connectivity index is 1.56. The van der Waals surface area contributed by atoms with Crippen molar-refractivity contribution < 1.29 is 9.53 Å². The topological polar surface area (TPSA) is 29.5 Å². The van der Waals surface area contributed by atoms with Gasteiger partial charge in [-0.15, -0.1) is 11.3 Å². The van der Waals surface area contributed by atoms with E-state index < -0.39 is 0 Å². The van der Waals surface area contributed by atoms with Gasteiger partial charge in [0.05, 0.1) is 19.1 Å². The highest BCUT2D eigenvalue weighted by atomic mass is 32.1. The van der Waals surface area contributed by atoms with Crippen LogP contribution in [0.5, 0.6) is 5.75 Å². The lowest BCUT2D eigenvalue weighted by atomic mass is 10.1. The molecule has 1 saturated heterocycles. The van der Waals surface area contributed by atoms with Crippen LogP contribution in [0.4, 0.5) is 0 Å². The van der Waals surface area contributed by atoms with E-state index in [9.17, 15) is 4.79 Å². The maximum Gasteiger partial charge on any atom is 0.226 e. The van der Waals surface area contributed by atoms with Gasteiger partial charge in [0.2, 0.25) is 5.91 Å². The first kappa shape index (κ1) is 16.1. The zero-order chi connectivity index (χ0) is 16.2. The van der Waals surface area contributed by atoms with Crippen molar-refractivity contribution in [2.45, 2.75) is 39.2 Å². The van der Waals surface area contributed by atoms with Crippen LogP contribution in [0.25, 0.3) is 0 Å². The zero-order valence-corrected chi connectivity index (χ0v) is 14.6. The third-order valence-corrected chi connectivity index (χ3v) is 5.34. The summed E-state index contributed by atoms with van der Waals surface area (Å²) in [6.45, 7) is 5.39. The molecule has 0 bridgehead atoms. The van der Waals surface area contributed by atoms with Crippen LogP contribution in [0.2, 0.25) is 0 Å². The predicted molar refractivity (Wildman–Crippen MR) is 94.0 cm³/mol. The number of rotatable bonds is 5. The molecule has 0 radical (unpaired) electrons. The summed E-state index contributed by atoms with van der Waals surface area (Å²) in [5.74, 6) is 1.08. The third kappa shape index (κ3) is 3.75. The minimum Gasteiger partial charge on any atom is -0.493 e. The van der Waals surface area contributed by atoms with Crippen LogP contribution in [-0.4, -0.2) is 24.0 Å². The molecule has 0 saturated carbocycles. The number of hydrogen-bond acceptors (Lipinski definition) is 3. The largest absolute Gasteiger partial charge is 0.493 e. The van der Waals surface area contributed by atoms with Crippen molar-refractivity contribution >= 4 is 17.2 Å². The number of thiophene rings is 1. The Hall–Kier alpha value is -1.81. The van der Waals surface area contributed by atoms with Crippen molar-refractivity contribution in [2.75, 3.05) is 13.2 Å². The fourth-order valence-corrected chi connectivity index (χ4v) is 3.97. The van der Waals surface area contributed by atoms with Crippen LogP contribution in [0, 0.1) is 13.8 Å². The van der Waals surface area contributed by atoms with E-state index in [1.165, 1.54) is 10.4 Å². The minimum atomic E-state index is 0.200. The summed E-state index contributed by atoms with van der Waals surface area (Å²) in [4.78, 5) is 15.9. The Morgan fingerprint density at radius 3 is 3.00 bits per heavy atom. The SMILES string of the molecule is Cc1ccc(C)c(OCCC(=O)N2CCCC2c2cccs2)c1. The average molecular weight is 329 g/mol. The molecule has 1 aliphatic rings. The van der Waals surface area contributed by atoms with Crippen molar-refractivity contribution in [3.63, 3.8) is 0 Å². The molecule has 3 rings (SSSR count). The molecule has 122 valence electrons. The number of aryl methyl sites for hydroxylation is 2. The second-order valence-corrected chi connectivity index (χ2v) is 7.11. The molecule has 1 aromatic carbocycles. The van der Waals surface area contributed by atoms with E-state index in [0.717, 1.165) is 30.7 Å². The van der Waals surface area contributed by atoms with E-state index in [1.807, 2.05) is 24.8 Å². The molecule has 1 aromatic heterocycles. The van der Waals surface area contributed by atoms with Crippen molar-refractivity contribution in [1.29, 1.82) is 0 Å². The van der Waals surface area contributed by atoms with Crippen LogP contribution in [0.15, 0.2) is 35.7 Å². The predicted octanol–water partition coefficient (Wildman–Crippen LogP) is 4.50. The summed E-state index contributed by atoms with van der Waals surface area (Å²) in [7, 11) is 0. The Bertz CT molecular complexity index is 666. The minimum absolute atomic E-state index is 0.200. The Morgan fingerprint density at radius 2 is 2.22 bits per heavy atom. The van der Waals surface area contributed by atoms with Gasteiger partial charge in [-0.1, -0.05) is 18.2 Å². The van der Waals surface area contributed by atoms with Gasteiger partial charge in [-0.05, 0) is 55.3 Å². The van der Waals surface area contributed by atoms with E-state index in [-0.39, 0.29) is 11.9 Å². The Kier molecular flexibility index (Phi) is 5.01. The van der Waals surface area contributed by atoms with Crippen molar-refractivity contribution in [3.8, 4) is 5.75 Å². The lowest BCUT2D eigenvalue weighted by Crippen LogP contribution is -2.31. The highest BCUT2D eigenvalue weighted by Gasteiger charge is 2.30. The van der Waals surface area contributed by atoms with Crippen molar-refractivity contribution in [2.24, 2.45) is 0 Å². The highest BCUT2D eigenvalue weighted by Crippen LogP contribution is 2.34. The van der Waals surface area contributed by atoms with Gasteiger partial charge in [0.15, 0.2) is 0 Å². The summed E-state index contributed by atoms with van der Waals surface area (Å²) in [6.07, 6.45) is 2.60. The quantitative estimate of drug-likeness (QED) is 0.808. The monoisotopic (exact) mass is 329 g/mol. The number of likely N-dealkylation sites (tertiary alicyclic amines) is 1. The van der Waals surface area contributed by atoms with Crippen LogP contribution in [0.1, 0.15) is 41.3 Å². The average Bonchev–Trinajstić information content (AvgIpc) is 3.20. The molecule has 23 heavy (non-hydrogen) atoms. The zero-order valence-electron chi connectivity index (χ0n) is 13.7. The molecule has 1 amide bonds. The lowest BCUT2D eigenvalue weighted by Gasteiger charge is -2.24. The molecule has 0 aliphatic carbocycles. The van der Waals surface area contributed by atoms with Gasteiger partial charge >= 0.3 is 0 Å². The van der Waals surface area contributed by atoms with Gasteiger partial charge in [-0.2, -0.15) is 0 Å². The molecular formula is C19H23NO2S. The third-order valence-electron chi connectivity index (χ3n) is 4.36. The number of carbonyl (C=O) groups excluding carboxylic acids is 1. The normalized spacial score (nSPS) is 17.5. The van der Waals surface area contributed by atoms with Crippen LogP contribution in [0.3, 0.4) is 0 Å². The maximum absolute atomic E-state index is 12.5. The summed E-state index contributed by atoms with van der Waals surface area (Å²) in [6, 6.07) is 10.6. The molecule has 1 aliphatic heterocycles. The first-order chi connectivity index (χ1) is 11.1. The van der Waals surface area contributed by atoms with Gasteiger partial charge in [-0.3, -0.25) is 4.79 Å². The van der Waals surface area contributed by atoms with E-state index in [4.69, 9.17) is 4.74 Å². The van der Waals surface area contributed by atoms with Gasteiger partial charge in [0, 0.05) is 11.4 Å². The maximum atomic E-state index is 12.5. The lowest BCUT2D eigenvalue weighted by molar-refractivity contribution is -0.132. The number of ether oxygens (including phenoxy) is 1. The molecular weight excluding hydrogens is 306 g/mol. The first-order valence-corrected chi connectivity index (χ1v) is 9.06. The molecule has 0 N–H and O–H groups in total. The number of carbonyl (C=O) groups is 1. The summed E-state index contributed by atoms with van der Waals surface area (Å²) < 4.78 is 5.83. The molecule has 2 aromatic rings. The highest BCUT2D eigenvalue weighted by molar-refractivity contribution is 7.10. The van der Waals surface area contributed by atoms with Gasteiger partial charge in [0.25, 0.3) is 0 Å². The number of benzene rings is 1. The van der Waals surface area contributed by atoms with Gasteiger partial charge in [-0.25, -0.2) is 0 Å². The Labute approximate surface area is 141 Å². The van der Waals surface area contributed by atoms with Crippen LogP contribution >= 0.6 is 11.3 Å². The Morgan fingerprint density at radius 1 is 1.35 bits per heavy atom. The molecule has 4 heteroatoms. The van der Waals surface area contributed by atoms with Crippen LogP contribution in [-0.2, 0) is 4.79 Å². The van der Waals surface area contributed by atoms with E-state index >= 15 is 0 Å². The molecule has 2 heterocycles. The summed E-state index contributed by atoms with van der Waals surface area (Å²) in [5.41, 5.74) is 2.29. The summed E-state index contributed by atoms with van der Waals surface area (Å²) in [5, 5.41) is 2.08. The van der Waals surface area contributed by atoms with E-state index in [1.54, 1.807) is 11.3 Å². The number of amides is 1. The molecule has 1 unspecified atom stereocenters. The number of hydrogen-bond donors (Lipinski definition) is 0. The molecule has 0 spiro atoms. The first-order valence-electron chi connectivity index (χ1n) is 8.18. The second-order valence-electron chi connectivity index (χ2n) is 6.13. The van der Waals surface area contributed by atoms with E-state index in [2.05, 4.69) is 29.6 Å². The fraction of sp³-hybridized carbons (Fsp3) is 0.421. The number of nitrogens with zero attached hydrogens (tertiary/aromatic N) is 1. The van der Waals surface area contributed by atoms with Gasteiger partial charge in [0.1, 0.15) is 5.75 Å². The fourth-order valence-electron chi connectivity index (χ4n) is 3.10. The molecule has 3 nitrogen and oxygen atoms in total. The van der Waals surface area contributed by atoms with Crippen LogP contribution < -0.4 is 4.74 Å². The van der Waals surface area contributed by atoms with Crippen molar-refractivity contribution in [3.05, 3.63) is 51.7 Å². The molecule has 1 atom stereocenters. The molecule has 1 fully saturated rings. The smallest absolute Gasteiger partial charge is 0.226 e.